The summed E-state index contributed by atoms with van der Waals surface area (Å²) in [5.41, 5.74) is 8.72. The Morgan fingerprint density at radius 2 is 1.79 bits per heavy atom. The van der Waals surface area contributed by atoms with Crippen LogP contribution in [0, 0.1) is 5.82 Å². The highest BCUT2D eigenvalue weighted by molar-refractivity contribution is 7.12. The lowest BCUT2D eigenvalue weighted by molar-refractivity contribution is 0.0955. The quantitative estimate of drug-likeness (QED) is 0.717. The molecule has 0 saturated heterocycles. The first kappa shape index (κ1) is 15.8. The number of halogens is 1. The zero-order valence-electron chi connectivity index (χ0n) is 12.3. The van der Waals surface area contributed by atoms with Gasteiger partial charge in [0.1, 0.15) is 10.7 Å². The number of benzene rings is 1. The Kier molecular flexibility index (Phi) is 4.30. The molecule has 0 saturated carbocycles. The molecule has 3 rings (SSSR count). The second kappa shape index (κ2) is 6.55. The first-order valence-corrected chi connectivity index (χ1v) is 7.81. The number of hydrazine groups is 1. The molecule has 1 aromatic carbocycles. The molecule has 2 aromatic heterocycles. The Hall–Kier alpha value is -3.13. The van der Waals surface area contributed by atoms with Gasteiger partial charge in [0.15, 0.2) is 0 Å². The summed E-state index contributed by atoms with van der Waals surface area (Å²) in [4.78, 5) is 24.6. The number of nitrogens with two attached hydrogens (primary N) is 1. The fourth-order valence-electron chi connectivity index (χ4n) is 2.16. The van der Waals surface area contributed by atoms with Crippen molar-refractivity contribution in [2.24, 2.45) is 5.73 Å². The van der Waals surface area contributed by atoms with Gasteiger partial charge in [0.25, 0.3) is 5.91 Å². The van der Waals surface area contributed by atoms with Crippen molar-refractivity contribution in [1.82, 2.24) is 9.99 Å². The number of aromatic nitrogens is 1. The number of carbonyl (C=O) groups is 2. The zero-order chi connectivity index (χ0) is 17.1. The fourth-order valence-corrected chi connectivity index (χ4v) is 2.94. The molecule has 2 heterocycles. The minimum Gasteiger partial charge on any atom is -0.350 e. The van der Waals surface area contributed by atoms with E-state index in [0.29, 0.717) is 10.6 Å². The van der Waals surface area contributed by atoms with E-state index in [1.807, 2.05) is 24.5 Å². The fraction of sp³-hybridized carbons (Fsp3) is 0. The molecule has 6 nitrogen and oxygen atoms in total. The summed E-state index contributed by atoms with van der Waals surface area (Å²) >= 11 is 1.24. The maximum Gasteiger partial charge on any atom is 0.338 e. The molecule has 3 amide bonds. The lowest BCUT2D eigenvalue weighted by Gasteiger charge is -2.21. The topological polar surface area (TPSA) is 80.4 Å². The van der Waals surface area contributed by atoms with E-state index in [4.69, 9.17) is 5.73 Å². The number of nitrogens with one attached hydrogen (secondary N) is 1. The summed E-state index contributed by atoms with van der Waals surface area (Å²) in [7, 11) is 0. The second-order valence-electron chi connectivity index (χ2n) is 4.82. The second-order valence-corrected chi connectivity index (χ2v) is 5.73. The predicted molar refractivity (Wildman–Crippen MR) is 89.6 cm³/mol. The first-order chi connectivity index (χ1) is 11.6. The van der Waals surface area contributed by atoms with Crippen LogP contribution < -0.4 is 16.2 Å². The van der Waals surface area contributed by atoms with Crippen LogP contribution in [0.25, 0.3) is 5.69 Å². The number of rotatable bonds is 3. The van der Waals surface area contributed by atoms with Crippen LogP contribution in [-0.4, -0.2) is 16.5 Å². The largest absolute Gasteiger partial charge is 0.350 e. The van der Waals surface area contributed by atoms with Crippen molar-refractivity contribution in [2.75, 3.05) is 5.01 Å². The Morgan fingerprint density at radius 1 is 1.12 bits per heavy atom. The van der Waals surface area contributed by atoms with Crippen LogP contribution in [0.2, 0.25) is 0 Å². The number of anilines is 1. The first-order valence-electron chi connectivity index (χ1n) is 6.93. The molecule has 0 spiro atoms. The molecule has 0 aliphatic rings. The average molecular weight is 344 g/mol. The summed E-state index contributed by atoms with van der Waals surface area (Å²) in [5.74, 6) is -0.945. The smallest absolute Gasteiger partial charge is 0.338 e. The number of amides is 3. The number of hydrogen-bond acceptors (Lipinski definition) is 3. The molecule has 0 radical (unpaired) electrons. The van der Waals surface area contributed by atoms with Crippen molar-refractivity contribution in [2.45, 2.75) is 0 Å². The average Bonchev–Trinajstić information content (AvgIpc) is 3.23. The van der Waals surface area contributed by atoms with Crippen molar-refractivity contribution in [1.29, 1.82) is 0 Å². The van der Waals surface area contributed by atoms with Crippen LogP contribution in [0.15, 0.2) is 60.2 Å². The predicted octanol–water partition coefficient (Wildman–Crippen LogP) is 2.91. The van der Waals surface area contributed by atoms with E-state index in [1.165, 1.54) is 35.6 Å². The Labute approximate surface area is 140 Å². The van der Waals surface area contributed by atoms with Gasteiger partial charge in [-0.05, 0) is 47.8 Å². The number of hydrogen-bond donors (Lipinski definition) is 2. The maximum atomic E-state index is 13.0. The minimum absolute atomic E-state index is 0.260. The van der Waals surface area contributed by atoms with Gasteiger partial charge in [0, 0.05) is 12.4 Å². The molecule has 8 heteroatoms. The molecule has 0 aliphatic heterocycles. The van der Waals surface area contributed by atoms with E-state index in [2.05, 4.69) is 5.43 Å². The van der Waals surface area contributed by atoms with Crippen LogP contribution in [0.4, 0.5) is 14.9 Å². The van der Waals surface area contributed by atoms with E-state index < -0.39 is 17.8 Å². The van der Waals surface area contributed by atoms with Crippen molar-refractivity contribution in [3.8, 4) is 5.69 Å². The summed E-state index contributed by atoms with van der Waals surface area (Å²) < 4.78 is 14.8. The Balaban J connectivity index is 1.86. The highest BCUT2D eigenvalue weighted by Gasteiger charge is 2.20. The number of urea groups is 1. The number of nitrogens with zero attached hydrogens (tertiary/aromatic N) is 2. The van der Waals surface area contributed by atoms with E-state index in [0.717, 1.165) is 5.01 Å². The molecule has 122 valence electrons. The van der Waals surface area contributed by atoms with E-state index >= 15 is 0 Å². The van der Waals surface area contributed by atoms with Crippen molar-refractivity contribution in [3.05, 3.63) is 70.9 Å². The molecular formula is C16H13FN4O2S. The normalized spacial score (nSPS) is 10.4. The van der Waals surface area contributed by atoms with E-state index in [-0.39, 0.29) is 5.69 Å². The summed E-state index contributed by atoms with van der Waals surface area (Å²) in [5, 5.41) is 2.65. The lowest BCUT2D eigenvalue weighted by Crippen LogP contribution is -2.49. The van der Waals surface area contributed by atoms with Crippen LogP contribution >= 0.6 is 11.3 Å². The highest BCUT2D eigenvalue weighted by atomic mass is 32.1. The molecule has 0 aliphatic carbocycles. The maximum absolute atomic E-state index is 13.0. The molecule has 3 N–H and O–H groups in total. The van der Waals surface area contributed by atoms with Gasteiger partial charge in [-0.3, -0.25) is 10.2 Å². The SMILES string of the molecule is NC(=O)N(NC(=O)c1sccc1-n1cccc1)c1ccc(F)cc1. The molecule has 0 atom stereocenters. The van der Waals surface area contributed by atoms with Crippen molar-refractivity contribution >= 4 is 29.0 Å². The number of primary amides is 1. The van der Waals surface area contributed by atoms with Crippen LogP contribution in [0.3, 0.4) is 0 Å². The Morgan fingerprint density at radius 3 is 2.42 bits per heavy atom. The third-order valence-corrected chi connectivity index (χ3v) is 4.15. The van der Waals surface area contributed by atoms with Crippen molar-refractivity contribution < 1.29 is 14.0 Å². The monoisotopic (exact) mass is 344 g/mol. The van der Waals surface area contributed by atoms with Gasteiger partial charge in [-0.15, -0.1) is 11.3 Å². The number of carbonyl (C=O) groups excluding carboxylic acids is 2. The van der Waals surface area contributed by atoms with Gasteiger partial charge >= 0.3 is 6.03 Å². The molecule has 0 unspecified atom stereocenters. The highest BCUT2D eigenvalue weighted by Crippen LogP contribution is 2.22. The summed E-state index contributed by atoms with van der Waals surface area (Å²) in [6, 6.07) is 9.65. The lowest BCUT2D eigenvalue weighted by atomic mass is 10.3. The molecule has 0 bridgehead atoms. The van der Waals surface area contributed by atoms with Crippen LogP contribution in [-0.2, 0) is 0 Å². The van der Waals surface area contributed by atoms with Crippen LogP contribution in [0.1, 0.15) is 9.67 Å². The van der Waals surface area contributed by atoms with E-state index in [9.17, 15) is 14.0 Å². The molecule has 24 heavy (non-hydrogen) atoms. The van der Waals surface area contributed by atoms with E-state index in [1.54, 1.807) is 16.0 Å². The van der Waals surface area contributed by atoms with Gasteiger partial charge in [0.2, 0.25) is 0 Å². The van der Waals surface area contributed by atoms with Gasteiger partial charge in [-0.2, -0.15) is 0 Å². The minimum atomic E-state index is -0.881. The van der Waals surface area contributed by atoms with Crippen molar-refractivity contribution in [3.63, 3.8) is 0 Å². The zero-order valence-corrected chi connectivity index (χ0v) is 13.2. The molecule has 0 fully saturated rings. The molecular weight excluding hydrogens is 331 g/mol. The summed E-state index contributed by atoms with van der Waals surface area (Å²) in [6.07, 6.45) is 3.62. The Bertz CT molecular complexity index is 859. The van der Waals surface area contributed by atoms with Gasteiger partial charge in [-0.25, -0.2) is 14.2 Å². The molecule has 3 aromatic rings. The van der Waals surface area contributed by atoms with Gasteiger partial charge < -0.3 is 10.3 Å². The number of thiophene rings is 1. The standard InChI is InChI=1S/C16H13FN4O2S/c17-11-3-5-12(6-4-11)21(16(18)23)19-15(22)14-13(7-10-24-14)20-8-1-2-9-20/h1-10H,(H2,18,23)(H,19,22). The third kappa shape index (κ3) is 3.13. The van der Waals surface area contributed by atoms with Gasteiger partial charge in [-0.1, -0.05) is 0 Å². The summed E-state index contributed by atoms with van der Waals surface area (Å²) in [6.45, 7) is 0. The van der Waals surface area contributed by atoms with Crippen LogP contribution in [0.5, 0.6) is 0 Å². The van der Waals surface area contributed by atoms with Gasteiger partial charge in [0.05, 0.1) is 11.4 Å². The third-order valence-electron chi connectivity index (χ3n) is 3.25.